The fraction of sp³-hybridized carbons (Fsp3) is 0.120. The fourth-order valence-electron chi connectivity index (χ4n) is 3.20. The molecule has 0 saturated carbocycles. The minimum Gasteiger partial charge on any atom is -0.478 e. The second kappa shape index (κ2) is 8.93. The van der Waals surface area contributed by atoms with Gasteiger partial charge in [-0.2, -0.15) is 0 Å². The van der Waals surface area contributed by atoms with Crippen LogP contribution in [0.1, 0.15) is 27.2 Å². The lowest BCUT2D eigenvalue weighted by molar-refractivity contribution is 0.0697. The van der Waals surface area contributed by atoms with E-state index in [1.54, 1.807) is 23.9 Å². The largest absolute Gasteiger partial charge is 0.478 e. The first-order valence-corrected chi connectivity index (χ1v) is 10.5. The zero-order chi connectivity index (χ0) is 20.1. The van der Waals surface area contributed by atoms with Gasteiger partial charge in [0.25, 0.3) is 0 Å². The second-order valence-electron chi connectivity index (χ2n) is 6.93. The molecule has 0 bridgehead atoms. The summed E-state index contributed by atoms with van der Waals surface area (Å²) in [5.74, 6) is -0.0383. The average Bonchev–Trinajstić information content (AvgIpc) is 2.77. The van der Waals surface area contributed by atoms with Crippen molar-refractivity contribution in [3.63, 3.8) is 0 Å². The highest BCUT2D eigenvalue weighted by atomic mass is 32.2. The third kappa shape index (κ3) is 5.04. The molecule has 0 unspecified atom stereocenters. The van der Waals surface area contributed by atoms with Gasteiger partial charge < -0.3 is 5.11 Å². The molecule has 144 valence electrons. The Morgan fingerprint density at radius 2 is 1.45 bits per heavy atom. The summed E-state index contributed by atoms with van der Waals surface area (Å²) in [5, 5.41) is 10.1. The number of para-hydroxylation sites is 1. The Kier molecular flexibility index (Phi) is 5.92. The highest BCUT2D eigenvalue weighted by Gasteiger charge is 2.03. The summed E-state index contributed by atoms with van der Waals surface area (Å²) < 4.78 is 0. The number of benzene rings is 3. The number of carboxylic acid groups (broad SMARTS) is 1. The molecular weight excluding hydrogens is 378 g/mol. The molecule has 0 saturated heterocycles. The first kappa shape index (κ1) is 19.2. The normalized spacial score (nSPS) is 10.9. The molecule has 0 aliphatic carbocycles. The van der Waals surface area contributed by atoms with E-state index in [1.165, 1.54) is 15.8 Å². The first-order chi connectivity index (χ1) is 14.2. The summed E-state index contributed by atoms with van der Waals surface area (Å²) in [6.07, 6.45) is 1.83. The van der Waals surface area contributed by atoms with Gasteiger partial charge in [0.05, 0.1) is 16.8 Å². The van der Waals surface area contributed by atoms with Crippen LogP contribution in [0.3, 0.4) is 0 Å². The van der Waals surface area contributed by atoms with E-state index in [9.17, 15) is 4.79 Å². The summed E-state index contributed by atoms with van der Waals surface area (Å²) in [7, 11) is 0. The van der Waals surface area contributed by atoms with E-state index in [2.05, 4.69) is 42.5 Å². The molecule has 4 aromatic rings. The summed E-state index contributed by atoms with van der Waals surface area (Å²) in [6.45, 7) is 0. The van der Waals surface area contributed by atoms with Crippen LogP contribution in [0.5, 0.6) is 0 Å². The van der Waals surface area contributed by atoms with Gasteiger partial charge in [-0.25, -0.2) is 4.79 Å². The van der Waals surface area contributed by atoms with Gasteiger partial charge in [0.15, 0.2) is 0 Å². The van der Waals surface area contributed by atoms with Gasteiger partial charge >= 0.3 is 5.97 Å². The van der Waals surface area contributed by atoms with Crippen LogP contribution in [-0.2, 0) is 18.6 Å². The number of carbonyl (C=O) groups is 1. The maximum absolute atomic E-state index is 10.9. The van der Waals surface area contributed by atoms with Gasteiger partial charge in [-0.15, -0.1) is 11.8 Å². The monoisotopic (exact) mass is 399 g/mol. The van der Waals surface area contributed by atoms with Gasteiger partial charge in [-0.05, 0) is 60.4 Å². The molecule has 4 heteroatoms. The van der Waals surface area contributed by atoms with E-state index >= 15 is 0 Å². The van der Waals surface area contributed by atoms with Crippen molar-refractivity contribution in [3.8, 4) is 0 Å². The summed E-state index contributed by atoms with van der Waals surface area (Å²) in [4.78, 5) is 16.9. The van der Waals surface area contributed by atoms with E-state index in [0.29, 0.717) is 5.56 Å². The lowest BCUT2D eigenvalue weighted by Gasteiger charge is -2.06. The van der Waals surface area contributed by atoms with Crippen molar-refractivity contribution in [2.45, 2.75) is 23.5 Å². The van der Waals surface area contributed by atoms with Crippen LogP contribution >= 0.6 is 11.8 Å². The number of pyridine rings is 1. The number of aromatic carboxylic acids is 1. The second-order valence-corrected chi connectivity index (χ2v) is 7.98. The number of carboxylic acids is 1. The minimum absolute atomic E-state index is 0.330. The van der Waals surface area contributed by atoms with Crippen LogP contribution < -0.4 is 0 Å². The SMILES string of the molecule is O=C(O)c1ccc(CCc2ccc(SCc3ccc4ccccc4n3)cc2)cc1. The van der Waals surface area contributed by atoms with Crippen LogP contribution in [0.2, 0.25) is 0 Å². The van der Waals surface area contributed by atoms with Gasteiger partial charge in [0.1, 0.15) is 0 Å². The number of hydrogen-bond acceptors (Lipinski definition) is 3. The molecule has 3 aromatic carbocycles. The maximum Gasteiger partial charge on any atom is 0.335 e. The molecular formula is C25H21NO2S. The standard InChI is InChI=1S/C25H21NO2S/c27-25(28)21-11-7-18(8-12-21)5-6-19-9-15-23(16-10-19)29-17-22-14-13-20-3-1-2-4-24(20)26-22/h1-4,7-16H,5-6,17H2,(H,27,28). The zero-order valence-corrected chi connectivity index (χ0v) is 16.7. The Hall–Kier alpha value is -3.11. The molecule has 3 nitrogen and oxygen atoms in total. The van der Waals surface area contributed by atoms with Crippen molar-refractivity contribution in [3.05, 3.63) is 107 Å². The van der Waals surface area contributed by atoms with Crippen molar-refractivity contribution < 1.29 is 9.90 Å². The number of aromatic nitrogens is 1. The summed E-state index contributed by atoms with van der Waals surface area (Å²) in [6, 6.07) is 28.2. The van der Waals surface area contributed by atoms with Crippen molar-refractivity contribution in [2.24, 2.45) is 0 Å². The van der Waals surface area contributed by atoms with Crippen LogP contribution in [0.4, 0.5) is 0 Å². The molecule has 0 radical (unpaired) electrons. The highest BCUT2D eigenvalue weighted by Crippen LogP contribution is 2.24. The third-order valence-electron chi connectivity index (χ3n) is 4.87. The molecule has 1 heterocycles. The smallest absolute Gasteiger partial charge is 0.335 e. The van der Waals surface area contributed by atoms with E-state index in [-0.39, 0.29) is 0 Å². The minimum atomic E-state index is -0.886. The predicted molar refractivity (Wildman–Crippen MR) is 119 cm³/mol. The number of hydrogen-bond donors (Lipinski definition) is 1. The van der Waals surface area contributed by atoms with Crippen LogP contribution in [0.25, 0.3) is 10.9 Å². The molecule has 4 rings (SSSR count). The Balaban J connectivity index is 1.32. The lowest BCUT2D eigenvalue weighted by atomic mass is 10.0. The topological polar surface area (TPSA) is 50.2 Å². The highest BCUT2D eigenvalue weighted by molar-refractivity contribution is 7.98. The van der Waals surface area contributed by atoms with Crippen molar-refractivity contribution in [1.29, 1.82) is 0 Å². The average molecular weight is 400 g/mol. The molecule has 0 aliphatic rings. The Labute approximate surface area is 174 Å². The molecule has 0 amide bonds. The number of nitrogens with zero attached hydrogens (tertiary/aromatic N) is 1. The molecule has 0 aliphatic heterocycles. The van der Waals surface area contributed by atoms with E-state index < -0.39 is 5.97 Å². The zero-order valence-electron chi connectivity index (χ0n) is 15.9. The number of thioether (sulfide) groups is 1. The first-order valence-electron chi connectivity index (χ1n) is 9.56. The Morgan fingerprint density at radius 1 is 0.793 bits per heavy atom. The maximum atomic E-state index is 10.9. The Morgan fingerprint density at radius 3 is 2.14 bits per heavy atom. The molecule has 1 aromatic heterocycles. The quantitative estimate of drug-likeness (QED) is 0.387. The lowest BCUT2D eigenvalue weighted by Crippen LogP contribution is -1.97. The number of fused-ring (bicyclic) bond motifs is 1. The molecule has 0 spiro atoms. The molecule has 0 atom stereocenters. The van der Waals surface area contributed by atoms with Gasteiger partial charge in [-0.1, -0.05) is 48.5 Å². The predicted octanol–water partition coefficient (Wildman–Crippen LogP) is 6.01. The van der Waals surface area contributed by atoms with Gasteiger partial charge in [-0.3, -0.25) is 4.98 Å². The Bertz CT molecular complexity index is 1120. The van der Waals surface area contributed by atoms with Crippen molar-refractivity contribution in [1.82, 2.24) is 4.98 Å². The van der Waals surface area contributed by atoms with E-state index in [0.717, 1.165) is 35.4 Å². The number of aryl methyl sites for hydroxylation is 2. The summed E-state index contributed by atoms with van der Waals surface area (Å²) in [5.41, 5.74) is 4.88. The van der Waals surface area contributed by atoms with Crippen molar-refractivity contribution in [2.75, 3.05) is 0 Å². The third-order valence-corrected chi connectivity index (χ3v) is 5.92. The number of rotatable bonds is 7. The van der Waals surface area contributed by atoms with E-state index in [1.807, 2.05) is 30.3 Å². The van der Waals surface area contributed by atoms with Gasteiger partial charge in [0, 0.05) is 16.0 Å². The molecule has 0 fully saturated rings. The van der Waals surface area contributed by atoms with Crippen molar-refractivity contribution >= 4 is 28.6 Å². The van der Waals surface area contributed by atoms with Crippen LogP contribution in [0.15, 0.2) is 89.8 Å². The fourth-order valence-corrected chi connectivity index (χ4v) is 4.00. The van der Waals surface area contributed by atoms with E-state index in [4.69, 9.17) is 10.1 Å². The summed E-state index contributed by atoms with van der Waals surface area (Å²) >= 11 is 1.79. The molecule has 29 heavy (non-hydrogen) atoms. The molecule has 1 N–H and O–H groups in total. The van der Waals surface area contributed by atoms with Crippen LogP contribution in [0, 0.1) is 0 Å². The van der Waals surface area contributed by atoms with Gasteiger partial charge in [0.2, 0.25) is 0 Å². The van der Waals surface area contributed by atoms with Crippen LogP contribution in [-0.4, -0.2) is 16.1 Å².